The van der Waals surface area contributed by atoms with Crippen LogP contribution in [-0.4, -0.2) is 18.2 Å². The fourth-order valence-corrected chi connectivity index (χ4v) is 2.62. The zero-order chi connectivity index (χ0) is 15.4. The Morgan fingerprint density at radius 1 is 1.33 bits per heavy atom. The van der Waals surface area contributed by atoms with Gasteiger partial charge in [0.05, 0.1) is 3.57 Å². The summed E-state index contributed by atoms with van der Waals surface area (Å²) in [6.45, 7) is 1.76. The van der Waals surface area contributed by atoms with E-state index < -0.39 is 23.7 Å². The van der Waals surface area contributed by atoms with Crippen LogP contribution in [0.1, 0.15) is 39.0 Å². The van der Waals surface area contributed by atoms with Crippen LogP contribution in [0, 0.1) is 15.2 Å². The van der Waals surface area contributed by atoms with Gasteiger partial charge in [-0.2, -0.15) is 0 Å². The maximum Gasteiger partial charge on any atom is 0.347 e. The average molecular weight is 410 g/mol. The second-order valence-electron chi connectivity index (χ2n) is 5.06. The van der Waals surface area contributed by atoms with Crippen molar-refractivity contribution in [1.29, 1.82) is 0 Å². The molecule has 2 rings (SSSR count). The zero-order valence-corrected chi connectivity index (χ0v) is 13.9. The third-order valence-electron chi connectivity index (χ3n) is 3.45. The van der Waals surface area contributed by atoms with Crippen LogP contribution >= 0.6 is 22.6 Å². The highest BCUT2D eigenvalue weighted by atomic mass is 127. The Bertz CT molecular complexity index is 493. The molecule has 0 aliphatic heterocycles. The summed E-state index contributed by atoms with van der Waals surface area (Å²) in [7, 11) is 0. The predicted molar refractivity (Wildman–Crippen MR) is 82.1 cm³/mol. The Morgan fingerprint density at radius 3 is 2.43 bits per heavy atom. The van der Waals surface area contributed by atoms with Gasteiger partial charge in [-0.1, -0.05) is 6.92 Å². The quantitative estimate of drug-likeness (QED) is 0.415. The van der Waals surface area contributed by atoms with Gasteiger partial charge in [-0.3, -0.25) is 0 Å². The number of hydrogen-bond acceptors (Lipinski definition) is 3. The monoisotopic (exact) mass is 410 g/mol. The van der Waals surface area contributed by atoms with Crippen molar-refractivity contribution < 1.29 is 23.0 Å². The van der Waals surface area contributed by atoms with Crippen molar-refractivity contribution in [2.75, 3.05) is 0 Å². The zero-order valence-electron chi connectivity index (χ0n) is 11.7. The van der Waals surface area contributed by atoms with Gasteiger partial charge in [-0.15, -0.1) is 0 Å². The topological polar surface area (TPSA) is 35.5 Å². The van der Waals surface area contributed by atoms with E-state index in [1.165, 1.54) is 0 Å². The van der Waals surface area contributed by atoms with E-state index in [2.05, 4.69) is 0 Å². The van der Waals surface area contributed by atoms with Crippen LogP contribution in [-0.2, 0) is 9.53 Å². The van der Waals surface area contributed by atoms with Crippen molar-refractivity contribution >= 4 is 28.6 Å². The van der Waals surface area contributed by atoms with E-state index in [1.54, 1.807) is 29.5 Å². The minimum absolute atomic E-state index is 0.000591. The number of benzene rings is 1. The van der Waals surface area contributed by atoms with E-state index in [-0.39, 0.29) is 15.4 Å². The summed E-state index contributed by atoms with van der Waals surface area (Å²) >= 11 is 1.58. The van der Waals surface area contributed by atoms with Crippen LogP contribution in [0.3, 0.4) is 0 Å². The first-order chi connectivity index (χ1) is 10.0. The van der Waals surface area contributed by atoms with Gasteiger partial charge < -0.3 is 9.47 Å². The van der Waals surface area contributed by atoms with Crippen LogP contribution in [0.4, 0.5) is 8.78 Å². The highest BCUT2D eigenvalue weighted by Crippen LogP contribution is 2.25. The Hall–Kier alpha value is -0.920. The number of carbonyl (C=O) groups is 1. The molecular weight excluding hydrogens is 393 g/mol. The highest BCUT2D eigenvalue weighted by Gasteiger charge is 2.26. The fourth-order valence-electron chi connectivity index (χ4n) is 2.31. The number of ether oxygens (including phenoxy) is 2. The van der Waals surface area contributed by atoms with Gasteiger partial charge in [0.25, 0.3) is 0 Å². The molecule has 0 radical (unpaired) electrons. The third kappa shape index (κ3) is 4.28. The standard InChI is InChI=1S/C15H17F2IO3/c1-2-13(15(19)21-9-5-3-4-6-9)20-10-7-11(16)14(18)12(17)8-10/h7-9,13H,2-6H2,1H3. The molecule has 0 bridgehead atoms. The van der Waals surface area contributed by atoms with Crippen molar-refractivity contribution in [2.24, 2.45) is 0 Å². The van der Waals surface area contributed by atoms with E-state index >= 15 is 0 Å². The summed E-state index contributed by atoms with van der Waals surface area (Å²) in [5, 5.41) is 0. The molecule has 1 aromatic rings. The van der Waals surface area contributed by atoms with Gasteiger partial charge in [0.1, 0.15) is 23.5 Å². The third-order valence-corrected chi connectivity index (χ3v) is 4.48. The van der Waals surface area contributed by atoms with Crippen molar-refractivity contribution in [3.8, 4) is 5.75 Å². The van der Waals surface area contributed by atoms with Crippen LogP contribution in [0.15, 0.2) is 12.1 Å². The maximum absolute atomic E-state index is 13.5. The summed E-state index contributed by atoms with van der Waals surface area (Å²) in [6, 6.07) is 2.16. The van der Waals surface area contributed by atoms with E-state index in [0.29, 0.717) is 6.42 Å². The highest BCUT2D eigenvalue weighted by molar-refractivity contribution is 14.1. The molecule has 0 aromatic heterocycles. The minimum Gasteiger partial charge on any atom is -0.479 e. The van der Waals surface area contributed by atoms with Gasteiger partial charge in [0.2, 0.25) is 0 Å². The molecule has 1 atom stereocenters. The normalized spacial score (nSPS) is 16.8. The van der Waals surface area contributed by atoms with Crippen molar-refractivity contribution in [1.82, 2.24) is 0 Å². The van der Waals surface area contributed by atoms with Crippen LogP contribution in [0.5, 0.6) is 5.75 Å². The predicted octanol–water partition coefficient (Wildman–Crippen LogP) is 4.21. The molecule has 0 amide bonds. The molecule has 0 N–H and O–H groups in total. The number of esters is 1. The fraction of sp³-hybridized carbons (Fsp3) is 0.533. The Labute approximate surface area is 136 Å². The molecule has 21 heavy (non-hydrogen) atoms. The maximum atomic E-state index is 13.5. The van der Waals surface area contributed by atoms with Gasteiger partial charge in [0, 0.05) is 12.1 Å². The largest absolute Gasteiger partial charge is 0.479 e. The molecule has 116 valence electrons. The second kappa shape index (κ2) is 7.38. The lowest BCUT2D eigenvalue weighted by Gasteiger charge is -2.19. The molecule has 1 aliphatic carbocycles. The summed E-state index contributed by atoms with van der Waals surface area (Å²) in [6.07, 6.45) is 3.33. The first kappa shape index (κ1) is 16.5. The lowest BCUT2D eigenvalue weighted by atomic mass is 10.2. The second-order valence-corrected chi connectivity index (χ2v) is 6.14. The van der Waals surface area contributed by atoms with E-state index in [4.69, 9.17) is 9.47 Å². The SMILES string of the molecule is CCC(Oc1cc(F)c(I)c(F)c1)C(=O)OC1CCCC1. The lowest BCUT2D eigenvalue weighted by Crippen LogP contribution is -2.31. The molecule has 1 saturated carbocycles. The summed E-state index contributed by atoms with van der Waals surface area (Å²) in [5.41, 5.74) is 0. The lowest BCUT2D eigenvalue weighted by molar-refractivity contribution is -0.157. The molecule has 0 spiro atoms. The molecular formula is C15H17F2IO3. The van der Waals surface area contributed by atoms with Crippen LogP contribution in [0.2, 0.25) is 0 Å². The number of rotatable bonds is 5. The number of halogens is 3. The summed E-state index contributed by atoms with van der Waals surface area (Å²) < 4.78 is 37.6. The number of carbonyl (C=O) groups excluding carboxylic acids is 1. The number of hydrogen-bond donors (Lipinski definition) is 0. The summed E-state index contributed by atoms with van der Waals surface area (Å²) in [4.78, 5) is 12.0. The molecule has 1 fully saturated rings. The summed E-state index contributed by atoms with van der Waals surface area (Å²) in [5.74, 6) is -1.88. The van der Waals surface area contributed by atoms with Gasteiger partial charge in [0.15, 0.2) is 6.10 Å². The minimum atomic E-state index is -0.843. The first-order valence-electron chi connectivity index (χ1n) is 7.03. The van der Waals surface area contributed by atoms with Crippen molar-refractivity contribution in [3.05, 3.63) is 27.3 Å². The smallest absolute Gasteiger partial charge is 0.347 e. The molecule has 1 unspecified atom stereocenters. The molecule has 3 nitrogen and oxygen atoms in total. The van der Waals surface area contributed by atoms with E-state index in [0.717, 1.165) is 37.8 Å². The van der Waals surface area contributed by atoms with Gasteiger partial charge >= 0.3 is 5.97 Å². The van der Waals surface area contributed by atoms with Crippen LogP contribution < -0.4 is 4.74 Å². The molecule has 0 saturated heterocycles. The van der Waals surface area contributed by atoms with Crippen molar-refractivity contribution in [3.63, 3.8) is 0 Å². The van der Waals surface area contributed by atoms with E-state index in [9.17, 15) is 13.6 Å². The van der Waals surface area contributed by atoms with Crippen molar-refractivity contribution in [2.45, 2.75) is 51.2 Å². The van der Waals surface area contributed by atoms with E-state index in [1.807, 2.05) is 0 Å². The van der Waals surface area contributed by atoms with Gasteiger partial charge in [-0.25, -0.2) is 13.6 Å². The van der Waals surface area contributed by atoms with Gasteiger partial charge in [-0.05, 0) is 54.7 Å². The Balaban J connectivity index is 2.02. The first-order valence-corrected chi connectivity index (χ1v) is 8.10. The molecule has 6 heteroatoms. The van der Waals surface area contributed by atoms with Crippen LogP contribution in [0.25, 0.3) is 0 Å². The Morgan fingerprint density at radius 2 is 1.90 bits per heavy atom. The molecule has 1 aliphatic rings. The molecule has 0 heterocycles. The molecule has 1 aromatic carbocycles. The average Bonchev–Trinajstić information content (AvgIpc) is 2.94. The Kier molecular flexibility index (Phi) is 5.78.